The van der Waals surface area contributed by atoms with Gasteiger partial charge in [-0.25, -0.2) is 0 Å². The second kappa shape index (κ2) is 7.02. The summed E-state index contributed by atoms with van der Waals surface area (Å²) in [6.07, 6.45) is 0.510. The van der Waals surface area contributed by atoms with Crippen molar-refractivity contribution in [1.29, 1.82) is 0 Å². The van der Waals surface area contributed by atoms with Crippen LogP contribution in [0.15, 0.2) is 4.99 Å². The maximum Gasteiger partial charge on any atom is 0.221 e. The summed E-state index contributed by atoms with van der Waals surface area (Å²) in [5.74, 6) is 1.69. The van der Waals surface area contributed by atoms with Crippen molar-refractivity contribution in [3.63, 3.8) is 0 Å². The highest BCUT2D eigenvalue weighted by atomic mass is 32.2. The number of hydrogen-bond acceptors (Lipinski definition) is 4. The lowest BCUT2D eigenvalue weighted by molar-refractivity contribution is -0.121. The smallest absolute Gasteiger partial charge is 0.221 e. The van der Waals surface area contributed by atoms with Gasteiger partial charge in [0.1, 0.15) is 0 Å². The number of nitrogens with one attached hydrogen (secondary N) is 2. The third kappa shape index (κ3) is 6.28. The third-order valence-electron chi connectivity index (χ3n) is 2.59. The Bertz CT molecular complexity index is 313. The van der Waals surface area contributed by atoms with Crippen LogP contribution in [0.3, 0.4) is 0 Å². The molecule has 1 aliphatic rings. The number of aliphatic imine (C=N–C) groups is 1. The van der Waals surface area contributed by atoms with Gasteiger partial charge in [-0.15, -0.1) is 0 Å². The van der Waals surface area contributed by atoms with E-state index in [4.69, 9.17) is 0 Å². The first kappa shape index (κ1) is 15.3. The van der Waals surface area contributed by atoms with Gasteiger partial charge in [0, 0.05) is 31.8 Å². The maximum atomic E-state index is 11.5. The highest BCUT2D eigenvalue weighted by molar-refractivity contribution is 8.13. The fourth-order valence-corrected chi connectivity index (χ4v) is 2.42. The van der Waals surface area contributed by atoms with E-state index in [0.717, 1.165) is 24.0 Å². The quantitative estimate of drug-likeness (QED) is 0.802. The van der Waals surface area contributed by atoms with Crippen LogP contribution in [0.25, 0.3) is 0 Å². The van der Waals surface area contributed by atoms with Gasteiger partial charge in [0.15, 0.2) is 5.17 Å². The molecule has 5 heteroatoms. The molecule has 4 nitrogen and oxygen atoms in total. The molecule has 1 aliphatic heterocycles. The van der Waals surface area contributed by atoms with Gasteiger partial charge in [-0.2, -0.15) is 0 Å². The van der Waals surface area contributed by atoms with Gasteiger partial charge in [-0.1, -0.05) is 39.5 Å². The fourth-order valence-electron chi connectivity index (χ4n) is 1.44. The molecule has 0 aliphatic carbocycles. The summed E-state index contributed by atoms with van der Waals surface area (Å²) >= 11 is 1.75. The minimum Gasteiger partial charge on any atom is -0.364 e. The van der Waals surface area contributed by atoms with E-state index < -0.39 is 0 Å². The van der Waals surface area contributed by atoms with Gasteiger partial charge in [-0.3, -0.25) is 9.79 Å². The molecule has 0 saturated carbocycles. The minimum atomic E-state index is 0.109. The number of hydrogen-bond donors (Lipinski definition) is 2. The van der Waals surface area contributed by atoms with E-state index in [1.54, 1.807) is 11.8 Å². The largest absolute Gasteiger partial charge is 0.364 e. The zero-order chi connectivity index (χ0) is 13.6. The average molecular weight is 271 g/mol. The molecule has 0 atom stereocenters. The van der Waals surface area contributed by atoms with Crippen molar-refractivity contribution in [3.05, 3.63) is 0 Å². The van der Waals surface area contributed by atoms with Crippen LogP contribution in [-0.2, 0) is 4.79 Å². The molecule has 2 N–H and O–H groups in total. The van der Waals surface area contributed by atoms with E-state index in [-0.39, 0.29) is 5.91 Å². The number of thioether (sulfide) groups is 1. The van der Waals surface area contributed by atoms with Crippen LogP contribution in [0.2, 0.25) is 0 Å². The van der Waals surface area contributed by atoms with Crippen LogP contribution in [0.1, 0.15) is 34.1 Å². The van der Waals surface area contributed by atoms with Crippen molar-refractivity contribution in [2.45, 2.75) is 34.1 Å². The number of carbonyl (C=O) groups is 1. The molecule has 0 unspecified atom stereocenters. The zero-order valence-electron chi connectivity index (χ0n) is 11.9. The van der Waals surface area contributed by atoms with Gasteiger partial charge in [0.25, 0.3) is 0 Å². The van der Waals surface area contributed by atoms with Crippen LogP contribution in [0.5, 0.6) is 0 Å². The second-order valence-electron chi connectivity index (χ2n) is 5.95. The molecule has 1 heterocycles. The Morgan fingerprint density at radius 1 is 1.50 bits per heavy atom. The van der Waals surface area contributed by atoms with Crippen LogP contribution < -0.4 is 10.6 Å². The Morgan fingerprint density at radius 2 is 2.22 bits per heavy atom. The molecule has 104 valence electrons. The van der Waals surface area contributed by atoms with Gasteiger partial charge in [0.05, 0.1) is 0 Å². The Morgan fingerprint density at radius 3 is 2.78 bits per heavy atom. The molecule has 0 bridgehead atoms. The lowest BCUT2D eigenvalue weighted by Crippen LogP contribution is -2.34. The van der Waals surface area contributed by atoms with Crippen molar-refractivity contribution >= 4 is 22.8 Å². The Balaban J connectivity index is 2.15. The predicted molar refractivity (Wildman–Crippen MR) is 79.0 cm³/mol. The number of carbonyl (C=O) groups excluding carboxylic acids is 1. The Labute approximate surface area is 114 Å². The first-order valence-electron chi connectivity index (χ1n) is 6.57. The molecule has 0 aromatic heterocycles. The van der Waals surface area contributed by atoms with Crippen molar-refractivity contribution in [2.24, 2.45) is 16.3 Å². The molecule has 0 fully saturated rings. The summed E-state index contributed by atoms with van der Waals surface area (Å²) in [6, 6.07) is 0. The van der Waals surface area contributed by atoms with E-state index in [2.05, 4.69) is 43.3 Å². The third-order valence-corrected chi connectivity index (χ3v) is 4.06. The molecule has 0 aromatic rings. The van der Waals surface area contributed by atoms with E-state index in [9.17, 15) is 4.79 Å². The van der Waals surface area contributed by atoms with E-state index in [1.165, 1.54) is 0 Å². The topological polar surface area (TPSA) is 53.5 Å². The van der Waals surface area contributed by atoms with Crippen molar-refractivity contribution in [1.82, 2.24) is 10.6 Å². The molecular formula is C13H25N3OS. The van der Waals surface area contributed by atoms with Crippen molar-refractivity contribution in [2.75, 3.05) is 25.4 Å². The molecule has 0 aromatic carbocycles. The van der Waals surface area contributed by atoms with Gasteiger partial charge in [0.2, 0.25) is 5.91 Å². The van der Waals surface area contributed by atoms with Crippen LogP contribution in [0, 0.1) is 11.3 Å². The van der Waals surface area contributed by atoms with Crippen molar-refractivity contribution in [3.8, 4) is 0 Å². The van der Waals surface area contributed by atoms with Crippen LogP contribution >= 0.6 is 11.8 Å². The minimum absolute atomic E-state index is 0.109. The summed E-state index contributed by atoms with van der Waals surface area (Å²) in [5, 5.41) is 7.12. The molecule has 1 rings (SSSR count). The zero-order valence-corrected chi connectivity index (χ0v) is 12.7. The summed E-state index contributed by atoms with van der Waals surface area (Å²) in [4.78, 5) is 16.0. The molecule has 0 saturated heterocycles. The van der Waals surface area contributed by atoms with Gasteiger partial charge < -0.3 is 10.6 Å². The number of amidine groups is 1. The molecule has 18 heavy (non-hydrogen) atoms. The van der Waals surface area contributed by atoms with E-state index in [0.29, 0.717) is 24.3 Å². The molecular weight excluding hydrogens is 246 g/mol. The highest BCUT2D eigenvalue weighted by Gasteiger charge is 2.23. The van der Waals surface area contributed by atoms with Crippen LogP contribution in [-0.4, -0.2) is 36.5 Å². The Kier molecular flexibility index (Phi) is 5.99. The van der Waals surface area contributed by atoms with Gasteiger partial charge in [-0.05, 0) is 11.3 Å². The molecule has 0 radical (unpaired) electrons. The first-order valence-corrected chi connectivity index (χ1v) is 7.55. The number of nitrogens with zero attached hydrogens (tertiary/aromatic N) is 1. The normalized spacial score (nSPS) is 18.4. The Hall–Kier alpha value is -0.710. The maximum absolute atomic E-state index is 11.5. The SMILES string of the molecule is CC(C)CNC(=O)CCNC1=NCC(C)(C)CS1. The molecule has 0 spiro atoms. The first-order chi connectivity index (χ1) is 8.39. The molecule has 1 amide bonds. The van der Waals surface area contributed by atoms with E-state index >= 15 is 0 Å². The number of amides is 1. The van der Waals surface area contributed by atoms with Crippen molar-refractivity contribution < 1.29 is 4.79 Å². The summed E-state index contributed by atoms with van der Waals surface area (Å²) < 4.78 is 0. The predicted octanol–water partition coefficient (Wildman–Crippen LogP) is 1.87. The standard InChI is InChI=1S/C13H25N3OS/c1-10(2)7-15-11(17)5-6-14-12-16-8-13(3,4)9-18-12/h10H,5-9H2,1-4H3,(H,14,16)(H,15,17). The van der Waals surface area contributed by atoms with Crippen LogP contribution in [0.4, 0.5) is 0 Å². The highest BCUT2D eigenvalue weighted by Crippen LogP contribution is 2.26. The summed E-state index contributed by atoms with van der Waals surface area (Å²) in [6.45, 7) is 10.9. The fraction of sp³-hybridized carbons (Fsp3) is 0.846. The summed E-state index contributed by atoms with van der Waals surface area (Å²) in [5.41, 5.74) is 0.296. The lowest BCUT2D eigenvalue weighted by atomic mass is 9.97. The summed E-state index contributed by atoms with van der Waals surface area (Å²) in [7, 11) is 0. The second-order valence-corrected chi connectivity index (χ2v) is 6.91. The van der Waals surface area contributed by atoms with Gasteiger partial charge >= 0.3 is 0 Å². The number of rotatable bonds is 5. The average Bonchev–Trinajstić information content (AvgIpc) is 2.29. The van der Waals surface area contributed by atoms with E-state index in [1.807, 2.05) is 0 Å². The monoisotopic (exact) mass is 271 g/mol. The lowest BCUT2D eigenvalue weighted by Gasteiger charge is -2.27.